The van der Waals surface area contributed by atoms with Crippen molar-refractivity contribution in [1.29, 1.82) is 0 Å². The van der Waals surface area contributed by atoms with Crippen molar-refractivity contribution in [1.82, 2.24) is 9.80 Å². The molecule has 4 heterocycles. The number of carbonyl (C=O) groups is 3. The number of fused-ring (bicyclic) bond motifs is 2. The minimum atomic E-state index is -0.795. The number of amides is 2. The van der Waals surface area contributed by atoms with Gasteiger partial charge < -0.3 is 19.6 Å². The summed E-state index contributed by atoms with van der Waals surface area (Å²) < 4.78 is 4.27. The first kappa shape index (κ1) is 25.8. The van der Waals surface area contributed by atoms with E-state index in [0.29, 0.717) is 26.1 Å². The number of unbranched alkanes of at least 4 members (excludes halogenated alkanes) is 2. The number of likely N-dealkylation sites (tertiary alicyclic amines) is 1. The highest BCUT2D eigenvalue weighted by Crippen LogP contribution is 2.65. The van der Waals surface area contributed by atoms with Gasteiger partial charge >= 0.3 is 5.97 Å². The molecule has 0 aromatic carbocycles. The number of rotatable bonds is 6. The number of nitrogens with zero attached hydrogens (tertiary/aromatic N) is 2. The Labute approximate surface area is 218 Å². The van der Waals surface area contributed by atoms with Crippen molar-refractivity contribution < 1.29 is 24.2 Å². The van der Waals surface area contributed by atoms with Crippen molar-refractivity contribution >= 4 is 29.5 Å². The highest BCUT2D eigenvalue weighted by molar-refractivity contribution is 8.02. The number of esters is 1. The van der Waals surface area contributed by atoms with Crippen molar-refractivity contribution in [3.05, 3.63) is 24.3 Å². The van der Waals surface area contributed by atoms with Gasteiger partial charge in [-0.2, -0.15) is 0 Å². The summed E-state index contributed by atoms with van der Waals surface area (Å²) in [6.45, 7) is 3.54. The summed E-state index contributed by atoms with van der Waals surface area (Å²) in [4.78, 5) is 45.9. The average molecular weight is 517 g/mol. The third-order valence-electron chi connectivity index (χ3n) is 8.85. The number of allylic oxidation sites excluding steroid dienone is 1. The number of cyclic esters (lactones) is 1. The molecule has 3 fully saturated rings. The van der Waals surface area contributed by atoms with Crippen LogP contribution in [0.5, 0.6) is 0 Å². The topological polar surface area (TPSA) is 87.1 Å². The molecular weight excluding hydrogens is 476 g/mol. The molecule has 1 spiro atoms. The molecule has 1 aliphatic carbocycles. The lowest BCUT2D eigenvalue weighted by Gasteiger charge is -2.40. The third kappa shape index (κ3) is 4.32. The molecule has 198 valence electrons. The fraction of sp³-hybridized carbons (Fsp3) is 0.750. The van der Waals surface area contributed by atoms with Crippen LogP contribution in [-0.4, -0.2) is 80.6 Å². The van der Waals surface area contributed by atoms with E-state index in [9.17, 15) is 19.5 Å². The summed E-state index contributed by atoms with van der Waals surface area (Å²) in [6.07, 6.45) is 17.7. The van der Waals surface area contributed by atoms with Crippen LogP contribution in [0.4, 0.5) is 0 Å². The number of hydrogen-bond acceptors (Lipinski definition) is 6. The van der Waals surface area contributed by atoms with Crippen LogP contribution in [0.15, 0.2) is 24.3 Å². The fourth-order valence-corrected chi connectivity index (χ4v) is 9.34. The molecule has 0 aromatic rings. The van der Waals surface area contributed by atoms with Crippen molar-refractivity contribution in [3.63, 3.8) is 0 Å². The first-order valence-electron chi connectivity index (χ1n) is 13.9. The highest BCUT2D eigenvalue weighted by atomic mass is 32.2. The Hall–Kier alpha value is -1.80. The maximum absolute atomic E-state index is 14.4. The van der Waals surface area contributed by atoms with Gasteiger partial charge in [0, 0.05) is 30.5 Å². The largest absolute Gasteiger partial charge is 0.465 e. The number of thioether (sulfide) groups is 1. The van der Waals surface area contributed by atoms with Gasteiger partial charge in [-0.15, -0.1) is 11.8 Å². The number of hydrogen-bond donors (Lipinski definition) is 1. The zero-order valence-electron chi connectivity index (χ0n) is 21.4. The van der Waals surface area contributed by atoms with Gasteiger partial charge in [-0.05, 0) is 51.9 Å². The van der Waals surface area contributed by atoms with Crippen LogP contribution < -0.4 is 0 Å². The van der Waals surface area contributed by atoms with Crippen molar-refractivity contribution in [3.8, 4) is 0 Å². The second-order valence-electron chi connectivity index (χ2n) is 11.2. The normalized spacial score (nSPS) is 37.9. The van der Waals surface area contributed by atoms with E-state index < -0.39 is 27.4 Å². The monoisotopic (exact) mass is 516 g/mol. The Balaban J connectivity index is 1.56. The van der Waals surface area contributed by atoms with E-state index in [0.717, 1.165) is 51.4 Å². The van der Waals surface area contributed by atoms with Crippen LogP contribution in [0.3, 0.4) is 0 Å². The predicted octanol–water partition coefficient (Wildman–Crippen LogP) is 3.46. The van der Waals surface area contributed by atoms with Crippen molar-refractivity contribution in [2.24, 2.45) is 11.8 Å². The lowest BCUT2D eigenvalue weighted by atomic mass is 9.74. The summed E-state index contributed by atoms with van der Waals surface area (Å²) in [6, 6.07) is -0.413. The lowest BCUT2D eigenvalue weighted by Crippen LogP contribution is -2.55. The molecule has 36 heavy (non-hydrogen) atoms. The van der Waals surface area contributed by atoms with Crippen LogP contribution in [0.2, 0.25) is 0 Å². The first-order chi connectivity index (χ1) is 17.4. The quantitative estimate of drug-likeness (QED) is 0.331. The van der Waals surface area contributed by atoms with Gasteiger partial charge in [0.1, 0.15) is 6.04 Å². The molecule has 0 radical (unpaired) electrons. The Kier molecular flexibility index (Phi) is 7.55. The molecule has 7 nitrogen and oxygen atoms in total. The summed E-state index contributed by atoms with van der Waals surface area (Å²) in [5, 5.41) is 9.23. The van der Waals surface area contributed by atoms with E-state index in [1.165, 1.54) is 6.42 Å². The SMILES string of the molecule is C[C@@]12/C=C\CCCOC(=O)[C@@H]1[C@H]1C(=O)N(CCCCCO)C3C(=O)N(C4CCCCC4)CC=C[C@@]31S2. The maximum atomic E-state index is 14.4. The lowest BCUT2D eigenvalue weighted by molar-refractivity contribution is -0.154. The predicted molar refractivity (Wildman–Crippen MR) is 139 cm³/mol. The minimum absolute atomic E-state index is 0.0323. The summed E-state index contributed by atoms with van der Waals surface area (Å²) in [5.74, 6) is -1.64. The number of aliphatic hydroxyl groups is 1. The summed E-state index contributed by atoms with van der Waals surface area (Å²) in [7, 11) is 0. The molecule has 1 saturated carbocycles. The van der Waals surface area contributed by atoms with Crippen molar-refractivity contribution in [2.75, 3.05) is 26.3 Å². The van der Waals surface area contributed by atoms with Gasteiger partial charge in [-0.1, -0.05) is 43.6 Å². The molecule has 0 aromatic heterocycles. The number of aliphatic hydroxyl groups excluding tert-OH is 1. The molecule has 5 aliphatic rings. The van der Waals surface area contributed by atoms with Gasteiger partial charge in [0.2, 0.25) is 11.8 Å². The van der Waals surface area contributed by atoms with E-state index in [2.05, 4.69) is 24.3 Å². The molecule has 2 saturated heterocycles. The molecule has 0 bridgehead atoms. The van der Waals surface area contributed by atoms with Crippen LogP contribution in [0, 0.1) is 11.8 Å². The molecule has 2 amide bonds. The third-order valence-corrected chi connectivity index (χ3v) is 10.7. The van der Waals surface area contributed by atoms with Gasteiger partial charge in [0.25, 0.3) is 0 Å². The van der Waals surface area contributed by atoms with Crippen LogP contribution in [-0.2, 0) is 19.1 Å². The Morgan fingerprint density at radius 3 is 2.58 bits per heavy atom. The molecule has 5 rings (SSSR count). The van der Waals surface area contributed by atoms with E-state index in [4.69, 9.17) is 4.74 Å². The van der Waals surface area contributed by atoms with Gasteiger partial charge in [0.05, 0.1) is 23.2 Å². The maximum Gasteiger partial charge on any atom is 0.311 e. The van der Waals surface area contributed by atoms with Gasteiger partial charge in [-0.25, -0.2) is 0 Å². The van der Waals surface area contributed by atoms with E-state index >= 15 is 0 Å². The standard InChI is InChI=1S/C28H40N2O5S/c1-27-14-7-3-10-19-35-26(34)22(27)21-24(32)30(16-8-4-9-18-31)23-25(33)29(20-12-5-2-6-13-20)17-11-15-28(21,23)36-27/h7,11,14-15,20-23,31H,2-6,8-10,12-13,16-19H2,1H3/b14-7-/t21-,22-,23?,27+,28-/m0/s1. The highest BCUT2D eigenvalue weighted by Gasteiger charge is 2.73. The van der Waals surface area contributed by atoms with Crippen LogP contribution in [0.1, 0.15) is 71.1 Å². The second kappa shape index (κ2) is 10.5. The second-order valence-corrected chi connectivity index (χ2v) is 13.0. The number of ether oxygens (including phenoxy) is 1. The molecule has 8 heteroatoms. The number of carbonyl (C=O) groups excluding carboxylic acids is 3. The van der Waals surface area contributed by atoms with Crippen molar-refractivity contribution in [2.45, 2.75) is 92.7 Å². The minimum Gasteiger partial charge on any atom is -0.465 e. The Morgan fingerprint density at radius 1 is 1.00 bits per heavy atom. The molecule has 5 atom stereocenters. The molecule has 1 N–H and O–H groups in total. The zero-order valence-corrected chi connectivity index (χ0v) is 22.2. The van der Waals surface area contributed by atoms with Crippen LogP contribution in [0.25, 0.3) is 0 Å². The Morgan fingerprint density at radius 2 is 1.81 bits per heavy atom. The Bertz CT molecular complexity index is 931. The fourth-order valence-electron chi connectivity index (χ4n) is 7.18. The average Bonchev–Trinajstić information content (AvgIpc) is 3.21. The van der Waals surface area contributed by atoms with E-state index in [-0.39, 0.29) is 30.4 Å². The summed E-state index contributed by atoms with van der Waals surface area (Å²) in [5.41, 5.74) is 0. The van der Waals surface area contributed by atoms with E-state index in [1.54, 1.807) is 16.7 Å². The smallest absolute Gasteiger partial charge is 0.311 e. The van der Waals surface area contributed by atoms with Crippen LogP contribution >= 0.6 is 11.8 Å². The molecule has 4 aliphatic heterocycles. The zero-order chi connectivity index (χ0) is 25.3. The van der Waals surface area contributed by atoms with Gasteiger partial charge in [0.15, 0.2) is 0 Å². The van der Waals surface area contributed by atoms with E-state index in [1.807, 2.05) is 11.8 Å². The first-order valence-corrected chi connectivity index (χ1v) is 14.7. The van der Waals surface area contributed by atoms with Gasteiger partial charge in [-0.3, -0.25) is 14.4 Å². The summed E-state index contributed by atoms with van der Waals surface area (Å²) >= 11 is 1.63. The molecular formula is C28H40N2O5S. The molecule has 1 unspecified atom stereocenters.